The maximum absolute atomic E-state index is 12.5. The molecule has 0 radical (unpaired) electrons. The van der Waals surface area contributed by atoms with Gasteiger partial charge in [-0.25, -0.2) is 0 Å². The van der Waals surface area contributed by atoms with E-state index in [0.717, 1.165) is 33.9 Å². The molecule has 0 spiro atoms. The molecule has 0 aliphatic heterocycles. The van der Waals surface area contributed by atoms with E-state index in [9.17, 15) is 4.79 Å². The van der Waals surface area contributed by atoms with Gasteiger partial charge in [0.1, 0.15) is 11.4 Å². The van der Waals surface area contributed by atoms with Crippen molar-refractivity contribution in [2.75, 3.05) is 17.2 Å². The molecule has 3 rings (SSSR count). The van der Waals surface area contributed by atoms with Crippen molar-refractivity contribution in [1.82, 2.24) is 4.98 Å². The zero-order chi connectivity index (χ0) is 19.2. The molecule has 2 aromatic carbocycles. The summed E-state index contributed by atoms with van der Waals surface area (Å²) >= 11 is 0. The summed E-state index contributed by atoms with van der Waals surface area (Å²) in [5.74, 6) is 0.585. The first-order valence-electron chi connectivity index (χ1n) is 8.89. The molecular formula is C22H23N3O2. The monoisotopic (exact) mass is 361 g/mol. The van der Waals surface area contributed by atoms with Crippen LogP contribution in [0.4, 0.5) is 17.1 Å². The van der Waals surface area contributed by atoms with Crippen LogP contribution in [-0.2, 0) is 0 Å². The fourth-order valence-electron chi connectivity index (χ4n) is 2.84. The van der Waals surface area contributed by atoms with E-state index in [-0.39, 0.29) is 5.91 Å². The Balaban J connectivity index is 1.71. The second kappa shape index (κ2) is 8.36. The molecule has 0 aliphatic carbocycles. The van der Waals surface area contributed by atoms with Gasteiger partial charge in [0.2, 0.25) is 0 Å². The van der Waals surface area contributed by atoms with Crippen LogP contribution in [0.15, 0.2) is 60.8 Å². The minimum absolute atomic E-state index is 0.240. The quantitative estimate of drug-likeness (QED) is 0.642. The number of hydrogen-bond acceptors (Lipinski definition) is 4. The Morgan fingerprint density at radius 2 is 1.63 bits per heavy atom. The molecule has 0 saturated carbocycles. The molecule has 1 aromatic heterocycles. The number of amides is 1. The average Bonchev–Trinajstić information content (AvgIpc) is 2.63. The van der Waals surface area contributed by atoms with E-state index in [4.69, 9.17) is 4.74 Å². The summed E-state index contributed by atoms with van der Waals surface area (Å²) in [4.78, 5) is 16.7. The molecule has 27 heavy (non-hydrogen) atoms. The van der Waals surface area contributed by atoms with Gasteiger partial charge in [0.15, 0.2) is 0 Å². The lowest BCUT2D eigenvalue weighted by molar-refractivity contribution is 0.102. The van der Waals surface area contributed by atoms with Gasteiger partial charge < -0.3 is 15.4 Å². The number of ether oxygens (including phenoxy) is 1. The van der Waals surface area contributed by atoms with Crippen molar-refractivity contribution in [2.45, 2.75) is 20.8 Å². The number of aryl methyl sites for hydroxylation is 2. The summed E-state index contributed by atoms with van der Waals surface area (Å²) in [7, 11) is 0. The minimum Gasteiger partial charge on any atom is -0.494 e. The molecule has 2 N–H and O–H groups in total. The van der Waals surface area contributed by atoms with Crippen molar-refractivity contribution >= 4 is 23.0 Å². The number of nitrogens with one attached hydrogen (secondary N) is 2. The van der Waals surface area contributed by atoms with Crippen LogP contribution >= 0.6 is 0 Å². The van der Waals surface area contributed by atoms with Gasteiger partial charge in [-0.3, -0.25) is 9.78 Å². The molecule has 0 saturated heterocycles. The van der Waals surface area contributed by atoms with E-state index in [1.54, 1.807) is 12.3 Å². The summed E-state index contributed by atoms with van der Waals surface area (Å²) in [5, 5.41) is 6.18. The number of hydrogen-bond donors (Lipinski definition) is 2. The smallest absolute Gasteiger partial charge is 0.274 e. The lowest BCUT2D eigenvalue weighted by Gasteiger charge is -2.10. The van der Waals surface area contributed by atoms with Gasteiger partial charge in [-0.2, -0.15) is 0 Å². The maximum atomic E-state index is 12.5. The highest BCUT2D eigenvalue weighted by atomic mass is 16.5. The lowest BCUT2D eigenvalue weighted by atomic mass is 10.1. The summed E-state index contributed by atoms with van der Waals surface area (Å²) < 4.78 is 5.44. The number of rotatable bonds is 6. The number of carbonyl (C=O) groups is 1. The highest BCUT2D eigenvalue weighted by molar-refractivity contribution is 6.03. The van der Waals surface area contributed by atoms with Crippen molar-refractivity contribution in [2.24, 2.45) is 0 Å². The van der Waals surface area contributed by atoms with Crippen LogP contribution < -0.4 is 15.4 Å². The van der Waals surface area contributed by atoms with Crippen LogP contribution in [0.5, 0.6) is 5.75 Å². The van der Waals surface area contributed by atoms with Crippen molar-refractivity contribution < 1.29 is 9.53 Å². The molecule has 3 aromatic rings. The summed E-state index contributed by atoms with van der Waals surface area (Å²) in [6, 6.07) is 17.2. The Morgan fingerprint density at radius 1 is 0.926 bits per heavy atom. The standard InChI is InChI=1S/C22H23N3O2/c1-4-27-20-7-5-17(6-8-20)24-18-9-10-23-21(14-18)22(26)25-19-12-15(2)11-16(3)13-19/h5-14H,4H2,1-3H3,(H,23,24)(H,25,26). The maximum Gasteiger partial charge on any atom is 0.274 e. The third kappa shape index (κ3) is 5.07. The van der Waals surface area contributed by atoms with E-state index < -0.39 is 0 Å². The van der Waals surface area contributed by atoms with E-state index >= 15 is 0 Å². The summed E-state index contributed by atoms with van der Waals surface area (Å²) in [5.41, 5.74) is 5.02. The number of anilines is 3. The molecule has 1 amide bonds. The minimum atomic E-state index is -0.240. The van der Waals surface area contributed by atoms with Crippen LogP contribution in [0.2, 0.25) is 0 Å². The molecule has 5 heteroatoms. The van der Waals surface area contributed by atoms with Gasteiger partial charge in [0, 0.05) is 23.3 Å². The van der Waals surface area contributed by atoms with Crippen LogP contribution in [0.25, 0.3) is 0 Å². The molecule has 0 aliphatic rings. The van der Waals surface area contributed by atoms with E-state index in [0.29, 0.717) is 12.3 Å². The SMILES string of the molecule is CCOc1ccc(Nc2ccnc(C(=O)Nc3cc(C)cc(C)c3)c2)cc1. The molecule has 0 atom stereocenters. The lowest BCUT2D eigenvalue weighted by Crippen LogP contribution is -2.14. The fourth-order valence-corrected chi connectivity index (χ4v) is 2.84. The van der Waals surface area contributed by atoms with Crippen LogP contribution in [-0.4, -0.2) is 17.5 Å². The summed E-state index contributed by atoms with van der Waals surface area (Å²) in [6.07, 6.45) is 1.62. The van der Waals surface area contributed by atoms with Crippen LogP contribution in [0, 0.1) is 13.8 Å². The van der Waals surface area contributed by atoms with Gasteiger partial charge >= 0.3 is 0 Å². The Bertz CT molecular complexity index is 916. The number of carbonyl (C=O) groups excluding carboxylic acids is 1. The molecule has 5 nitrogen and oxygen atoms in total. The predicted molar refractivity (Wildman–Crippen MR) is 109 cm³/mol. The highest BCUT2D eigenvalue weighted by Gasteiger charge is 2.09. The average molecular weight is 361 g/mol. The van der Waals surface area contributed by atoms with Crippen molar-refractivity contribution in [3.05, 3.63) is 77.6 Å². The topological polar surface area (TPSA) is 63.2 Å². The van der Waals surface area contributed by atoms with E-state index in [2.05, 4.69) is 21.7 Å². The molecule has 0 fully saturated rings. The van der Waals surface area contributed by atoms with Gasteiger partial charge in [-0.15, -0.1) is 0 Å². The van der Waals surface area contributed by atoms with Crippen molar-refractivity contribution in [3.8, 4) is 5.75 Å². The second-order valence-electron chi connectivity index (χ2n) is 6.34. The number of aromatic nitrogens is 1. The number of benzene rings is 2. The number of pyridine rings is 1. The Kier molecular flexibility index (Phi) is 5.71. The Morgan fingerprint density at radius 3 is 2.30 bits per heavy atom. The second-order valence-corrected chi connectivity index (χ2v) is 6.34. The van der Waals surface area contributed by atoms with E-state index in [1.807, 2.05) is 63.2 Å². The molecular weight excluding hydrogens is 338 g/mol. The predicted octanol–water partition coefficient (Wildman–Crippen LogP) is 5.09. The van der Waals surface area contributed by atoms with Gasteiger partial charge in [0.05, 0.1) is 6.61 Å². The fraction of sp³-hybridized carbons (Fsp3) is 0.182. The van der Waals surface area contributed by atoms with Gasteiger partial charge in [0.25, 0.3) is 5.91 Å². The Hall–Kier alpha value is -3.34. The molecule has 0 bridgehead atoms. The third-order valence-corrected chi connectivity index (χ3v) is 3.93. The van der Waals surface area contributed by atoms with Gasteiger partial charge in [-0.1, -0.05) is 6.07 Å². The van der Waals surface area contributed by atoms with Crippen LogP contribution in [0.1, 0.15) is 28.5 Å². The zero-order valence-electron chi connectivity index (χ0n) is 15.7. The zero-order valence-corrected chi connectivity index (χ0v) is 15.7. The third-order valence-electron chi connectivity index (χ3n) is 3.93. The Labute approximate surface area is 159 Å². The molecule has 138 valence electrons. The molecule has 1 heterocycles. The first-order chi connectivity index (χ1) is 13.0. The highest BCUT2D eigenvalue weighted by Crippen LogP contribution is 2.21. The van der Waals surface area contributed by atoms with Crippen molar-refractivity contribution in [3.63, 3.8) is 0 Å². The first kappa shape index (κ1) is 18.5. The first-order valence-corrected chi connectivity index (χ1v) is 8.89. The number of nitrogens with zero attached hydrogens (tertiary/aromatic N) is 1. The summed E-state index contributed by atoms with van der Waals surface area (Å²) in [6.45, 7) is 6.59. The van der Waals surface area contributed by atoms with Gasteiger partial charge in [-0.05, 0) is 80.4 Å². The molecule has 0 unspecified atom stereocenters. The van der Waals surface area contributed by atoms with Crippen molar-refractivity contribution in [1.29, 1.82) is 0 Å². The van der Waals surface area contributed by atoms with Crippen LogP contribution in [0.3, 0.4) is 0 Å². The van der Waals surface area contributed by atoms with E-state index in [1.165, 1.54) is 0 Å². The normalized spacial score (nSPS) is 10.3. The largest absolute Gasteiger partial charge is 0.494 e.